The lowest BCUT2D eigenvalue weighted by Crippen LogP contribution is -2.61. The van der Waals surface area contributed by atoms with Crippen LogP contribution in [0.25, 0.3) is 0 Å². The number of rotatable bonds is 6. The Balaban J connectivity index is 2.16. The van der Waals surface area contributed by atoms with Crippen molar-refractivity contribution in [2.45, 2.75) is 78.9 Å². The van der Waals surface area contributed by atoms with Crippen molar-refractivity contribution in [1.29, 1.82) is 0 Å². The first-order chi connectivity index (χ1) is 14.3. The summed E-state index contributed by atoms with van der Waals surface area (Å²) in [5, 5.41) is 21.4. The summed E-state index contributed by atoms with van der Waals surface area (Å²) in [6.45, 7) is 9.97. The van der Waals surface area contributed by atoms with Crippen molar-refractivity contribution in [2.75, 3.05) is 6.61 Å². The van der Waals surface area contributed by atoms with Crippen LogP contribution in [0.4, 0.5) is 0 Å². The molecular weight excluding hydrogens is 404 g/mol. The number of hydrogen-bond acceptors (Lipinski definition) is 8. The largest absolute Gasteiger partial charge is 0.462 e. The smallest absolute Gasteiger partial charge is 0.311 e. The third kappa shape index (κ3) is 7.00. The molecule has 1 aromatic rings. The van der Waals surface area contributed by atoms with Crippen molar-refractivity contribution in [3.63, 3.8) is 0 Å². The summed E-state index contributed by atoms with van der Waals surface area (Å²) in [7, 11) is 0. The van der Waals surface area contributed by atoms with Crippen molar-refractivity contribution in [3.8, 4) is 0 Å². The minimum atomic E-state index is -1.43. The van der Waals surface area contributed by atoms with Crippen LogP contribution in [-0.2, 0) is 35.1 Å². The van der Waals surface area contributed by atoms with Gasteiger partial charge in [0.2, 0.25) is 0 Å². The van der Waals surface area contributed by atoms with Gasteiger partial charge in [-0.3, -0.25) is 9.59 Å². The fourth-order valence-electron chi connectivity index (χ4n) is 2.74. The lowest BCUT2D eigenvalue weighted by atomic mass is 9.95. The van der Waals surface area contributed by atoms with Crippen LogP contribution in [0.1, 0.15) is 47.1 Å². The average molecular weight is 439 g/mol. The van der Waals surface area contributed by atoms with Crippen LogP contribution in [0.5, 0.6) is 0 Å². The van der Waals surface area contributed by atoms with Gasteiger partial charge in [-0.15, -0.1) is 0 Å². The topological polar surface area (TPSA) is 112 Å². The van der Waals surface area contributed by atoms with Crippen LogP contribution in [-0.4, -0.2) is 59.5 Å². The third-order valence-corrected chi connectivity index (χ3v) is 4.75. The molecule has 0 aliphatic carbocycles. The molecule has 0 aromatic heterocycles. The summed E-state index contributed by atoms with van der Waals surface area (Å²) in [6.07, 6.45) is -6.39. The Kier molecular flexibility index (Phi) is 8.21. The molecule has 1 aromatic carbocycles. The SMILES string of the molecule is CC(C)(C)C(=O)OC[C@H]1O[C@@H](OCc2ccccc2)[C@H](O)[C@@H](OC(=O)C(C)(C)C)[C@H]1O. The molecule has 1 saturated heterocycles. The van der Waals surface area contributed by atoms with Crippen LogP contribution in [0.3, 0.4) is 0 Å². The van der Waals surface area contributed by atoms with Gasteiger partial charge < -0.3 is 29.2 Å². The Labute approximate surface area is 183 Å². The van der Waals surface area contributed by atoms with E-state index in [1.807, 2.05) is 30.3 Å². The second kappa shape index (κ2) is 10.1. The molecule has 2 rings (SSSR count). The number of carbonyl (C=O) groups is 2. The Bertz CT molecular complexity index is 734. The van der Waals surface area contributed by atoms with E-state index < -0.39 is 53.5 Å². The van der Waals surface area contributed by atoms with E-state index in [0.717, 1.165) is 5.56 Å². The summed E-state index contributed by atoms with van der Waals surface area (Å²) in [5.74, 6) is -1.07. The van der Waals surface area contributed by atoms with E-state index in [0.29, 0.717) is 0 Å². The van der Waals surface area contributed by atoms with Gasteiger partial charge in [-0.05, 0) is 47.1 Å². The fourth-order valence-corrected chi connectivity index (χ4v) is 2.74. The first-order valence-corrected chi connectivity index (χ1v) is 10.4. The normalized spacial score (nSPS) is 26.9. The molecular formula is C23H34O8. The van der Waals surface area contributed by atoms with Gasteiger partial charge >= 0.3 is 11.9 Å². The monoisotopic (exact) mass is 438 g/mol. The van der Waals surface area contributed by atoms with Crippen molar-refractivity contribution in [2.24, 2.45) is 10.8 Å². The highest BCUT2D eigenvalue weighted by molar-refractivity contribution is 5.76. The van der Waals surface area contributed by atoms with E-state index >= 15 is 0 Å². The summed E-state index contributed by atoms with van der Waals surface area (Å²) < 4.78 is 22.1. The highest BCUT2D eigenvalue weighted by atomic mass is 16.7. The zero-order valence-electron chi connectivity index (χ0n) is 19.0. The molecule has 8 heteroatoms. The Morgan fingerprint density at radius 3 is 2.06 bits per heavy atom. The van der Waals surface area contributed by atoms with Crippen molar-refractivity contribution in [1.82, 2.24) is 0 Å². The quantitative estimate of drug-likeness (QED) is 0.650. The van der Waals surface area contributed by atoms with E-state index in [4.69, 9.17) is 18.9 Å². The second-order valence-corrected chi connectivity index (χ2v) is 9.79. The molecule has 0 saturated carbocycles. The molecule has 0 unspecified atom stereocenters. The number of benzene rings is 1. The molecule has 0 bridgehead atoms. The number of ether oxygens (including phenoxy) is 4. The van der Waals surface area contributed by atoms with Gasteiger partial charge in [0.05, 0.1) is 17.4 Å². The van der Waals surface area contributed by atoms with E-state index in [2.05, 4.69) is 0 Å². The molecule has 1 fully saturated rings. The van der Waals surface area contributed by atoms with Gasteiger partial charge in [0, 0.05) is 0 Å². The maximum atomic E-state index is 12.4. The molecule has 1 aliphatic rings. The Morgan fingerprint density at radius 2 is 1.52 bits per heavy atom. The minimum Gasteiger partial charge on any atom is -0.462 e. The van der Waals surface area contributed by atoms with Gasteiger partial charge in [-0.25, -0.2) is 0 Å². The Morgan fingerprint density at radius 1 is 0.935 bits per heavy atom. The predicted octanol–water partition coefficient (Wildman–Crippen LogP) is 2.20. The number of carbonyl (C=O) groups excluding carboxylic acids is 2. The Hall–Kier alpha value is -2.00. The van der Waals surface area contributed by atoms with Gasteiger partial charge in [0.15, 0.2) is 12.4 Å². The highest BCUT2D eigenvalue weighted by Gasteiger charge is 2.49. The van der Waals surface area contributed by atoms with E-state index in [1.54, 1.807) is 41.5 Å². The molecule has 174 valence electrons. The molecule has 8 nitrogen and oxygen atoms in total. The molecule has 31 heavy (non-hydrogen) atoms. The molecule has 1 heterocycles. The third-order valence-electron chi connectivity index (χ3n) is 4.75. The molecule has 1 aliphatic heterocycles. The van der Waals surface area contributed by atoms with E-state index in [1.165, 1.54) is 0 Å². The lowest BCUT2D eigenvalue weighted by Gasteiger charge is -2.42. The molecule has 0 amide bonds. The summed E-state index contributed by atoms with van der Waals surface area (Å²) in [4.78, 5) is 24.5. The van der Waals surface area contributed by atoms with Gasteiger partial charge in [0.1, 0.15) is 24.9 Å². The van der Waals surface area contributed by atoms with Crippen LogP contribution >= 0.6 is 0 Å². The van der Waals surface area contributed by atoms with Crippen LogP contribution in [0.2, 0.25) is 0 Å². The van der Waals surface area contributed by atoms with Crippen molar-refractivity contribution < 1.29 is 38.7 Å². The summed E-state index contributed by atoms with van der Waals surface area (Å²) >= 11 is 0. The zero-order chi connectivity index (χ0) is 23.4. The van der Waals surface area contributed by atoms with E-state index in [9.17, 15) is 19.8 Å². The maximum absolute atomic E-state index is 12.4. The lowest BCUT2D eigenvalue weighted by molar-refractivity contribution is -0.308. The molecule has 0 spiro atoms. The fraction of sp³-hybridized carbons (Fsp3) is 0.652. The standard InChI is InChI=1S/C23H34O8/c1-22(2,3)20(26)29-13-15-16(24)18(31-21(27)23(4,5)6)17(25)19(30-15)28-12-14-10-8-7-9-11-14/h7-11,15-19,24-25H,12-13H2,1-6H3/t15-,16+,17-,18+,19-/m1/s1. The molecule has 2 N–H and O–H groups in total. The van der Waals surface area contributed by atoms with Gasteiger partial charge in [-0.1, -0.05) is 30.3 Å². The first kappa shape index (κ1) is 25.3. The average Bonchev–Trinajstić information content (AvgIpc) is 2.68. The highest BCUT2D eigenvalue weighted by Crippen LogP contribution is 2.28. The zero-order valence-corrected chi connectivity index (χ0v) is 19.0. The molecule has 5 atom stereocenters. The summed E-state index contributed by atoms with van der Waals surface area (Å²) in [6, 6.07) is 9.27. The minimum absolute atomic E-state index is 0.132. The summed E-state index contributed by atoms with van der Waals surface area (Å²) in [5.41, 5.74) is -0.726. The number of hydrogen-bond donors (Lipinski definition) is 2. The maximum Gasteiger partial charge on any atom is 0.311 e. The number of aliphatic hydroxyl groups excluding tert-OH is 2. The number of aliphatic hydroxyl groups is 2. The second-order valence-electron chi connectivity index (χ2n) is 9.79. The van der Waals surface area contributed by atoms with Crippen LogP contribution in [0.15, 0.2) is 30.3 Å². The first-order valence-electron chi connectivity index (χ1n) is 10.4. The van der Waals surface area contributed by atoms with Crippen molar-refractivity contribution >= 4 is 11.9 Å². The van der Waals surface area contributed by atoms with Crippen LogP contribution in [0, 0.1) is 10.8 Å². The van der Waals surface area contributed by atoms with Gasteiger partial charge in [0.25, 0.3) is 0 Å². The predicted molar refractivity (Wildman–Crippen MR) is 112 cm³/mol. The van der Waals surface area contributed by atoms with E-state index in [-0.39, 0.29) is 13.2 Å². The number of esters is 2. The van der Waals surface area contributed by atoms with Gasteiger partial charge in [-0.2, -0.15) is 0 Å². The van der Waals surface area contributed by atoms with Crippen LogP contribution < -0.4 is 0 Å². The molecule has 0 radical (unpaired) electrons. The van der Waals surface area contributed by atoms with Crippen molar-refractivity contribution in [3.05, 3.63) is 35.9 Å².